The highest BCUT2D eigenvalue weighted by Gasteiger charge is 2.18. The van der Waals surface area contributed by atoms with Crippen LogP contribution in [-0.2, 0) is 5.88 Å². The molecule has 0 aliphatic carbocycles. The van der Waals surface area contributed by atoms with Crippen LogP contribution in [0.25, 0.3) is 0 Å². The van der Waals surface area contributed by atoms with Gasteiger partial charge in [0.2, 0.25) is 5.75 Å². The van der Waals surface area contributed by atoms with Crippen molar-refractivity contribution < 1.29 is 18.4 Å². The van der Waals surface area contributed by atoms with E-state index in [4.69, 9.17) is 16.3 Å². The molecule has 2 rings (SSSR count). The maximum Gasteiger partial charge on any atom is 0.311 e. The molecule has 7 heteroatoms. The number of hydrogen-bond acceptors (Lipinski definition) is 3. The van der Waals surface area contributed by atoms with Crippen LogP contribution in [0.3, 0.4) is 0 Å². The molecule has 4 nitrogen and oxygen atoms in total. The van der Waals surface area contributed by atoms with Crippen LogP contribution in [0.1, 0.15) is 5.56 Å². The minimum Gasteiger partial charge on any atom is -0.450 e. The van der Waals surface area contributed by atoms with Gasteiger partial charge in [0.25, 0.3) is 0 Å². The van der Waals surface area contributed by atoms with E-state index in [9.17, 15) is 18.9 Å². The first-order valence-corrected chi connectivity index (χ1v) is 6.01. The molecular formula is C13H8ClF2NO3. The van der Waals surface area contributed by atoms with Gasteiger partial charge in [-0.1, -0.05) is 0 Å². The van der Waals surface area contributed by atoms with E-state index in [1.54, 1.807) is 0 Å². The molecule has 0 spiro atoms. The Kier molecular flexibility index (Phi) is 4.14. The molecular weight excluding hydrogens is 292 g/mol. The van der Waals surface area contributed by atoms with Crippen LogP contribution in [-0.4, -0.2) is 4.92 Å². The first-order chi connectivity index (χ1) is 9.51. The molecule has 0 aliphatic heterocycles. The summed E-state index contributed by atoms with van der Waals surface area (Å²) in [5.74, 6) is -1.37. The maximum atomic E-state index is 13.2. The fourth-order valence-corrected chi connectivity index (χ4v) is 1.80. The van der Waals surface area contributed by atoms with Crippen molar-refractivity contribution in [2.45, 2.75) is 5.88 Å². The summed E-state index contributed by atoms with van der Waals surface area (Å²) < 4.78 is 31.5. The molecule has 0 N–H and O–H groups in total. The van der Waals surface area contributed by atoms with Gasteiger partial charge in [0.05, 0.1) is 10.8 Å². The summed E-state index contributed by atoms with van der Waals surface area (Å²) in [6.45, 7) is 0. The summed E-state index contributed by atoms with van der Waals surface area (Å²) in [5.41, 5.74) is -0.0820. The molecule has 0 atom stereocenters. The predicted octanol–water partition coefficient (Wildman–Crippen LogP) is 4.40. The van der Waals surface area contributed by atoms with E-state index in [0.29, 0.717) is 5.56 Å². The average Bonchev–Trinajstić information content (AvgIpc) is 2.40. The van der Waals surface area contributed by atoms with E-state index in [0.717, 1.165) is 30.3 Å². The fourth-order valence-electron chi connectivity index (χ4n) is 1.59. The summed E-state index contributed by atoms with van der Waals surface area (Å²) >= 11 is 5.65. The smallest absolute Gasteiger partial charge is 0.311 e. The number of hydrogen-bond donors (Lipinski definition) is 0. The quantitative estimate of drug-likeness (QED) is 0.477. The van der Waals surface area contributed by atoms with Gasteiger partial charge in [-0.2, -0.15) is 0 Å². The van der Waals surface area contributed by atoms with Gasteiger partial charge in [-0.3, -0.25) is 10.1 Å². The standard InChI is InChI=1S/C13H8ClF2NO3/c14-7-8-5-9(15)2-4-12(8)20-13-6-10(16)1-3-11(13)17(18)19/h1-6H,7H2. The fraction of sp³-hybridized carbons (Fsp3) is 0.0769. The van der Waals surface area contributed by atoms with Crippen LogP contribution in [0.5, 0.6) is 11.5 Å². The molecule has 0 unspecified atom stereocenters. The largest absolute Gasteiger partial charge is 0.450 e. The van der Waals surface area contributed by atoms with Crippen LogP contribution < -0.4 is 4.74 Å². The summed E-state index contributed by atoms with van der Waals surface area (Å²) in [4.78, 5) is 10.2. The SMILES string of the molecule is O=[N+]([O-])c1ccc(F)cc1Oc1ccc(F)cc1CCl. The Morgan fingerprint density at radius 3 is 2.40 bits per heavy atom. The second-order valence-electron chi connectivity index (χ2n) is 3.86. The molecule has 0 heterocycles. The second kappa shape index (κ2) is 5.83. The van der Waals surface area contributed by atoms with E-state index < -0.39 is 22.2 Å². The van der Waals surface area contributed by atoms with E-state index in [1.165, 1.54) is 6.07 Å². The summed E-state index contributed by atoms with van der Waals surface area (Å²) in [5, 5.41) is 10.8. The van der Waals surface area contributed by atoms with Gasteiger partial charge in [-0.05, 0) is 24.3 Å². The highest BCUT2D eigenvalue weighted by Crippen LogP contribution is 2.34. The molecule has 2 aromatic rings. The van der Waals surface area contributed by atoms with Crippen molar-refractivity contribution in [3.63, 3.8) is 0 Å². The minimum absolute atomic E-state index is 0.0454. The van der Waals surface area contributed by atoms with Crippen LogP contribution in [0.15, 0.2) is 36.4 Å². The van der Waals surface area contributed by atoms with Gasteiger partial charge in [0.1, 0.15) is 17.4 Å². The zero-order chi connectivity index (χ0) is 14.7. The number of ether oxygens (including phenoxy) is 1. The highest BCUT2D eigenvalue weighted by atomic mass is 35.5. The topological polar surface area (TPSA) is 52.4 Å². The molecule has 0 bridgehead atoms. The lowest BCUT2D eigenvalue weighted by Gasteiger charge is -2.10. The Morgan fingerprint density at radius 1 is 1.10 bits per heavy atom. The number of nitro benzene ring substituents is 1. The number of halogens is 3. The Bertz CT molecular complexity index is 664. The van der Waals surface area contributed by atoms with Gasteiger partial charge in [-0.15, -0.1) is 11.6 Å². The van der Waals surface area contributed by atoms with Crippen molar-refractivity contribution in [3.05, 3.63) is 63.7 Å². The number of benzene rings is 2. The van der Waals surface area contributed by atoms with Gasteiger partial charge in [0.15, 0.2) is 0 Å². The Morgan fingerprint density at radius 2 is 1.75 bits per heavy atom. The molecule has 0 aromatic heterocycles. The molecule has 0 saturated carbocycles. The summed E-state index contributed by atoms with van der Waals surface area (Å²) in [6.07, 6.45) is 0. The van der Waals surface area contributed by atoms with Gasteiger partial charge in [0, 0.05) is 17.7 Å². The third-order valence-electron chi connectivity index (χ3n) is 2.50. The Balaban J connectivity index is 2.44. The highest BCUT2D eigenvalue weighted by molar-refractivity contribution is 6.17. The maximum absolute atomic E-state index is 13.2. The van der Waals surface area contributed by atoms with E-state index in [-0.39, 0.29) is 17.4 Å². The van der Waals surface area contributed by atoms with Crippen LogP contribution >= 0.6 is 11.6 Å². The van der Waals surface area contributed by atoms with Gasteiger partial charge < -0.3 is 4.74 Å². The second-order valence-corrected chi connectivity index (χ2v) is 4.12. The van der Waals surface area contributed by atoms with Gasteiger partial charge in [-0.25, -0.2) is 8.78 Å². The normalized spacial score (nSPS) is 10.3. The van der Waals surface area contributed by atoms with Crippen LogP contribution in [0, 0.1) is 21.7 Å². The van der Waals surface area contributed by atoms with Crippen molar-refractivity contribution in [3.8, 4) is 11.5 Å². The first kappa shape index (κ1) is 14.2. The van der Waals surface area contributed by atoms with Gasteiger partial charge >= 0.3 is 5.69 Å². The summed E-state index contributed by atoms with van der Waals surface area (Å²) in [7, 11) is 0. The monoisotopic (exact) mass is 299 g/mol. The van der Waals surface area contributed by atoms with Crippen molar-refractivity contribution >= 4 is 17.3 Å². The molecule has 0 amide bonds. The van der Waals surface area contributed by atoms with Crippen molar-refractivity contribution in [1.82, 2.24) is 0 Å². The third kappa shape index (κ3) is 3.03. The number of nitrogens with zero attached hydrogens (tertiary/aromatic N) is 1. The van der Waals surface area contributed by atoms with Crippen molar-refractivity contribution in [1.29, 1.82) is 0 Å². The molecule has 2 aromatic carbocycles. The summed E-state index contributed by atoms with van der Waals surface area (Å²) in [6, 6.07) is 6.39. The lowest BCUT2D eigenvalue weighted by molar-refractivity contribution is -0.385. The lowest BCUT2D eigenvalue weighted by atomic mass is 10.2. The minimum atomic E-state index is -0.696. The average molecular weight is 300 g/mol. The predicted molar refractivity (Wildman–Crippen MR) is 69.1 cm³/mol. The molecule has 0 saturated heterocycles. The zero-order valence-electron chi connectivity index (χ0n) is 9.98. The number of nitro groups is 1. The lowest BCUT2D eigenvalue weighted by Crippen LogP contribution is -1.96. The Labute approximate surface area is 117 Å². The van der Waals surface area contributed by atoms with Crippen LogP contribution in [0.4, 0.5) is 14.5 Å². The number of rotatable bonds is 4. The number of alkyl halides is 1. The molecule has 0 fully saturated rings. The zero-order valence-corrected chi connectivity index (χ0v) is 10.7. The molecule has 104 valence electrons. The van der Waals surface area contributed by atoms with E-state index >= 15 is 0 Å². The van der Waals surface area contributed by atoms with Crippen LogP contribution in [0.2, 0.25) is 0 Å². The molecule has 0 radical (unpaired) electrons. The van der Waals surface area contributed by atoms with E-state index in [1.807, 2.05) is 0 Å². The van der Waals surface area contributed by atoms with E-state index in [2.05, 4.69) is 0 Å². The first-order valence-electron chi connectivity index (χ1n) is 5.47. The van der Waals surface area contributed by atoms with Crippen molar-refractivity contribution in [2.75, 3.05) is 0 Å². The Hall–Kier alpha value is -2.21. The molecule has 0 aliphatic rings. The third-order valence-corrected chi connectivity index (χ3v) is 2.79. The molecule has 20 heavy (non-hydrogen) atoms. The van der Waals surface area contributed by atoms with Crippen molar-refractivity contribution in [2.24, 2.45) is 0 Å².